The lowest BCUT2D eigenvalue weighted by atomic mass is 10.2. The molecule has 1 atom stereocenters. The van der Waals surface area contributed by atoms with Crippen LogP contribution in [0.2, 0.25) is 0 Å². The lowest BCUT2D eigenvalue weighted by molar-refractivity contribution is -0.129. The van der Waals surface area contributed by atoms with E-state index in [-0.39, 0.29) is 11.9 Å². The van der Waals surface area contributed by atoms with Crippen molar-refractivity contribution in [2.75, 3.05) is 0 Å². The van der Waals surface area contributed by atoms with Gasteiger partial charge in [-0.25, -0.2) is 9.48 Å². The second-order valence-corrected chi connectivity index (χ2v) is 7.51. The number of hydrogen-bond donors (Lipinski definition) is 1. The minimum absolute atomic E-state index is 0.204. The fourth-order valence-electron chi connectivity index (χ4n) is 3.55. The van der Waals surface area contributed by atoms with Crippen molar-refractivity contribution in [3.05, 3.63) is 47.8 Å². The highest BCUT2D eigenvalue weighted by Gasteiger charge is 2.31. The number of carbonyl (C=O) groups is 2. The van der Waals surface area contributed by atoms with E-state index in [4.69, 9.17) is 4.74 Å². The Labute approximate surface area is 158 Å². The maximum atomic E-state index is 12.8. The number of hydrogen-bond acceptors (Lipinski definition) is 4. The summed E-state index contributed by atoms with van der Waals surface area (Å²) in [5.74, 6) is -0.333. The summed E-state index contributed by atoms with van der Waals surface area (Å²) in [6.07, 6.45) is 5.64. The molecular formula is C21H25N3O3. The summed E-state index contributed by atoms with van der Waals surface area (Å²) in [5.41, 5.74) is 2.08. The molecular weight excluding hydrogens is 342 g/mol. The summed E-state index contributed by atoms with van der Waals surface area (Å²) in [6.45, 7) is 1.62. The van der Waals surface area contributed by atoms with E-state index in [1.54, 1.807) is 17.7 Å². The van der Waals surface area contributed by atoms with Gasteiger partial charge in [0.05, 0.1) is 11.4 Å². The van der Waals surface area contributed by atoms with Crippen LogP contribution in [0.25, 0.3) is 5.69 Å². The van der Waals surface area contributed by atoms with Crippen molar-refractivity contribution in [2.45, 2.75) is 63.5 Å². The highest BCUT2D eigenvalue weighted by Crippen LogP contribution is 2.39. The van der Waals surface area contributed by atoms with E-state index in [1.807, 2.05) is 30.3 Å². The van der Waals surface area contributed by atoms with Gasteiger partial charge in [-0.15, -0.1) is 0 Å². The predicted octanol–water partition coefficient (Wildman–Crippen LogP) is 3.35. The lowest BCUT2D eigenvalue weighted by Gasteiger charge is -2.17. The molecule has 1 aromatic heterocycles. The second kappa shape index (κ2) is 7.55. The number of amides is 1. The van der Waals surface area contributed by atoms with E-state index in [0.29, 0.717) is 11.6 Å². The van der Waals surface area contributed by atoms with Crippen LogP contribution in [-0.2, 0) is 9.53 Å². The topological polar surface area (TPSA) is 73.2 Å². The Hall–Kier alpha value is -2.63. The molecule has 1 heterocycles. The van der Waals surface area contributed by atoms with Crippen LogP contribution in [0.15, 0.2) is 36.4 Å². The van der Waals surface area contributed by atoms with E-state index in [0.717, 1.165) is 49.9 Å². The van der Waals surface area contributed by atoms with Gasteiger partial charge in [0.2, 0.25) is 0 Å². The van der Waals surface area contributed by atoms with Crippen LogP contribution in [0.1, 0.15) is 67.5 Å². The standard InChI is InChI=1S/C21H25N3O3/c1-14(20(25)22-16-7-5-6-8-16)27-21(26)19-13-18(15-11-12-15)23-24(19)17-9-3-2-4-10-17/h2-4,9-10,13-16H,5-8,11-12H2,1H3,(H,22,25)/t14-/m0/s1. The molecule has 0 spiro atoms. The largest absolute Gasteiger partial charge is 0.448 e. The van der Waals surface area contributed by atoms with Crippen LogP contribution in [0.5, 0.6) is 0 Å². The molecule has 0 aliphatic heterocycles. The molecule has 27 heavy (non-hydrogen) atoms. The van der Waals surface area contributed by atoms with Crippen LogP contribution in [0, 0.1) is 0 Å². The van der Waals surface area contributed by atoms with Gasteiger partial charge in [-0.1, -0.05) is 31.0 Å². The molecule has 4 rings (SSSR count). The maximum Gasteiger partial charge on any atom is 0.357 e. The van der Waals surface area contributed by atoms with E-state index in [1.165, 1.54) is 0 Å². The monoisotopic (exact) mass is 367 g/mol. The van der Waals surface area contributed by atoms with E-state index in [2.05, 4.69) is 10.4 Å². The molecule has 0 saturated heterocycles. The molecule has 1 amide bonds. The first-order valence-electron chi connectivity index (χ1n) is 9.78. The van der Waals surface area contributed by atoms with Gasteiger partial charge in [0.25, 0.3) is 5.91 Å². The third kappa shape index (κ3) is 4.04. The second-order valence-electron chi connectivity index (χ2n) is 7.51. The number of para-hydroxylation sites is 1. The summed E-state index contributed by atoms with van der Waals surface area (Å²) in [5, 5.41) is 7.59. The number of carbonyl (C=O) groups excluding carboxylic acids is 2. The molecule has 2 aliphatic carbocycles. The Kier molecular flexibility index (Phi) is 4.97. The van der Waals surface area contributed by atoms with Gasteiger partial charge in [0.1, 0.15) is 0 Å². The van der Waals surface area contributed by atoms with E-state index < -0.39 is 12.1 Å². The molecule has 1 N–H and O–H groups in total. The average Bonchev–Trinajstić information content (AvgIpc) is 3.22. The highest BCUT2D eigenvalue weighted by molar-refractivity contribution is 5.91. The van der Waals surface area contributed by atoms with Crippen molar-refractivity contribution >= 4 is 11.9 Å². The number of aromatic nitrogens is 2. The Morgan fingerprint density at radius 1 is 1.15 bits per heavy atom. The predicted molar refractivity (Wildman–Crippen MR) is 101 cm³/mol. The Morgan fingerprint density at radius 2 is 1.85 bits per heavy atom. The average molecular weight is 367 g/mol. The molecule has 0 unspecified atom stereocenters. The Bertz CT molecular complexity index is 820. The lowest BCUT2D eigenvalue weighted by Crippen LogP contribution is -2.41. The van der Waals surface area contributed by atoms with Crippen LogP contribution >= 0.6 is 0 Å². The Balaban J connectivity index is 1.49. The molecule has 6 heteroatoms. The van der Waals surface area contributed by atoms with Crippen LogP contribution in [0.3, 0.4) is 0 Å². The smallest absolute Gasteiger partial charge is 0.357 e. The molecule has 2 fully saturated rings. The van der Waals surface area contributed by atoms with Gasteiger partial charge in [0, 0.05) is 12.0 Å². The third-order valence-corrected chi connectivity index (χ3v) is 5.29. The summed E-state index contributed by atoms with van der Waals surface area (Å²) >= 11 is 0. The third-order valence-electron chi connectivity index (χ3n) is 5.29. The van der Waals surface area contributed by atoms with Gasteiger partial charge in [-0.2, -0.15) is 5.10 Å². The fourth-order valence-corrected chi connectivity index (χ4v) is 3.55. The first-order valence-corrected chi connectivity index (χ1v) is 9.78. The quantitative estimate of drug-likeness (QED) is 0.795. The van der Waals surface area contributed by atoms with Crippen LogP contribution in [-0.4, -0.2) is 33.8 Å². The number of benzene rings is 1. The van der Waals surface area contributed by atoms with E-state index >= 15 is 0 Å². The number of esters is 1. The molecule has 2 aromatic rings. The number of rotatable bonds is 6. The zero-order valence-electron chi connectivity index (χ0n) is 15.6. The molecule has 0 bridgehead atoms. The SMILES string of the molecule is C[C@H](OC(=O)c1cc(C2CC2)nn1-c1ccccc1)C(=O)NC1CCCC1. The van der Waals surface area contributed by atoms with Gasteiger partial charge in [-0.05, 0) is 50.8 Å². The van der Waals surface area contributed by atoms with Gasteiger partial charge in [0.15, 0.2) is 11.8 Å². The molecule has 6 nitrogen and oxygen atoms in total. The van der Waals surface area contributed by atoms with Crippen LogP contribution in [0.4, 0.5) is 0 Å². The van der Waals surface area contributed by atoms with Gasteiger partial charge in [-0.3, -0.25) is 4.79 Å². The number of nitrogens with one attached hydrogen (secondary N) is 1. The summed E-state index contributed by atoms with van der Waals surface area (Å²) in [4.78, 5) is 25.1. The molecule has 2 saturated carbocycles. The van der Waals surface area contributed by atoms with Crippen molar-refractivity contribution < 1.29 is 14.3 Å². The van der Waals surface area contributed by atoms with Crippen molar-refractivity contribution in [1.82, 2.24) is 15.1 Å². The summed E-state index contributed by atoms with van der Waals surface area (Å²) in [7, 11) is 0. The summed E-state index contributed by atoms with van der Waals surface area (Å²) in [6, 6.07) is 11.5. The first kappa shape index (κ1) is 17.8. The van der Waals surface area contributed by atoms with Gasteiger partial charge < -0.3 is 10.1 Å². The first-order chi connectivity index (χ1) is 13.1. The zero-order valence-corrected chi connectivity index (χ0v) is 15.6. The molecule has 2 aliphatic rings. The molecule has 1 aromatic carbocycles. The zero-order chi connectivity index (χ0) is 18.8. The van der Waals surface area contributed by atoms with E-state index in [9.17, 15) is 9.59 Å². The van der Waals surface area contributed by atoms with Crippen LogP contribution < -0.4 is 5.32 Å². The molecule has 0 radical (unpaired) electrons. The minimum atomic E-state index is -0.832. The Morgan fingerprint density at radius 3 is 2.52 bits per heavy atom. The van der Waals surface area contributed by atoms with Crippen molar-refractivity contribution in [3.63, 3.8) is 0 Å². The van der Waals surface area contributed by atoms with Gasteiger partial charge >= 0.3 is 5.97 Å². The fraction of sp³-hybridized carbons (Fsp3) is 0.476. The van der Waals surface area contributed by atoms with Crippen molar-refractivity contribution in [2.24, 2.45) is 0 Å². The molecule has 142 valence electrons. The minimum Gasteiger partial charge on any atom is -0.448 e. The maximum absolute atomic E-state index is 12.8. The number of nitrogens with zero attached hydrogens (tertiary/aromatic N) is 2. The van der Waals surface area contributed by atoms with Crippen molar-refractivity contribution in [3.8, 4) is 5.69 Å². The number of ether oxygens (including phenoxy) is 1. The van der Waals surface area contributed by atoms with Crippen molar-refractivity contribution in [1.29, 1.82) is 0 Å². The highest BCUT2D eigenvalue weighted by atomic mass is 16.5. The normalized spacial score (nSPS) is 18.3. The summed E-state index contributed by atoms with van der Waals surface area (Å²) < 4.78 is 7.09.